The highest BCUT2D eigenvalue weighted by molar-refractivity contribution is 6.36. The summed E-state index contributed by atoms with van der Waals surface area (Å²) in [6, 6.07) is 6.71. The van der Waals surface area contributed by atoms with E-state index in [-0.39, 0.29) is 21.9 Å². The van der Waals surface area contributed by atoms with Crippen LogP contribution in [0.2, 0.25) is 10.0 Å². The Hall–Kier alpha value is -2.84. The van der Waals surface area contributed by atoms with Gasteiger partial charge >= 0.3 is 5.69 Å². The summed E-state index contributed by atoms with van der Waals surface area (Å²) >= 11 is 11.7. The first kappa shape index (κ1) is 18.5. The predicted molar refractivity (Wildman–Crippen MR) is 92.8 cm³/mol. The molecule has 8 nitrogen and oxygen atoms in total. The van der Waals surface area contributed by atoms with Crippen molar-refractivity contribution in [3.05, 3.63) is 61.6 Å². The molecule has 25 heavy (non-hydrogen) atoms. The fraction of sp³-hybridized carbons (Fsp3) is 0.0667. The van der Waals surface area contributed by atoms with Crippen molar-refractivity contribution in [1.29, 1.82) is 0 Å². The van der Waals surface area contributed by atoms with Crippen molar-refractivity contribution in [3.63, 3.8) is 0 Å². The number of phenolic OH excluding ortho intramolecular Hbond substituents is 1. The number of benzene rings is 2. The first-order valence-electron chi connectivity index (χ1n) is 6.67. The van der Waals surface area contributed by atoms with Gasteiger partial charge in [-0.15, -0.1) is 0 Å². The van der Waals surface area contributed by atoms with Gasteiger partial charge in [-0.3, -0.25) is 14.9 Å². The Morgan fingerprint density at radius 3 is 2.68 bits per heavy atom. The van der Waals surface area contributed by atoms with E-state index in [1.54, 1.807) is 0 Å². The van der Waals surface area contributed by atoms with Crippen molar-refractivity contribution in [2.45, 2.75) is 0 Å². The molecule has 130 valence electrons. The lowest BCUT2D eigenvalue weighted by atomic mass is 10.1. The summed E-state index contributed by atoms with van der Waals surface area (Å²) in [6.45, 7) is 0. The Kier molecular flexibility index (Phi) is 5.79. The standard InChI is InChI=1S/C15H11Cl2N3O5/c1-25-10-4-8(14(21)13(6-10)20(23)24)7-18-19-15(22)11-3-2-9(16)5-12(11)17/h2-7,21H,1H3,(H,19,22)/b18-7-. The van der Waals surface area contributed by atoms with Crippen molar-refractivity contribution < 1.29 is 19.6 Å². The summed E-state index contributed by atoms with van der Waals surface area (Å²) in [5.41, 5.74) is 1.79. The molecule has 0 bridgehead atoms. The molecule has 0 atom stereocenters. The maximum Gasteiger partial charge on any atom is 0.315 e. The van der Waals surface area contributed by atoms with Gasteiger partial charge in [-0.25, -0.2) is 5.43 Å². The normalized spacial score (nSPS) is 10.7. The van der Waals surface area contributed by atoms with E-state index in [2.05, 4.69) is 10.5 Å². The van der Waals surface area contributed by atoms with Crippen molar-refractivity contribution in [2.24, 2.45) is 5.10 Å². The average Bonchev–Trinajstić information content (AvgIpc) is 2.55. The number of methoxy groups -OCH3 is 1. The maximum atomic E-state index is 12.0. The van der Waals surface area contributed by atoms with Crippen LogP contribution in [0, 0.1) is 10.1 Å². The molecular formula is C15H11Cl2N3O5. The minimum absolute atomic E-state index is 0.00597. The molecular weight excluding hydrogens is 373 g/mol. The molecule has 2 N–H and O–H groups in total. The zero-order valence-corrected chi connectivity index (χ0v) is 14.2. The van der Waals surface area contributed by atoms with Gasteiger partial charge in [-0.05, 0) is 24.3 Å². The molecule has 0 saturated carbocycles. The Bertz CT molecular complexity index is 870. The van der Waals surface area contributed by atoms with Gasteiger partial charge in [0.1, 0.15) is 5.75 Å². The summed E-state index contributed by atoms with van der Waals surface area (Å²) in [6.07, 6.45) is 1.05. The van der Waals surface area contributed by atoms with Crippen molar-refractivity contribution in [3.8, 4) is 11.5 Å². The number of nitrogens with one attached hydrogen (secondary N) is 1. The minimum Gasteiger partial charge on any atom is -0.502 e. The number of nitrogens with zero attached hydrogens (tertiary/aromatic N) is 2. The lowest BCUT2D eigenvalue weighted by Gasteiger charge is -2.05. The third-order valence-corrected chi connectivity index (χ3v) is 3.62. The van der Waals surface area contributed by atoms with Crippen LogP contribution in [0.15, 0.2) is 35.4 Å². The van der Waals surface area contributed by atoms with E-state index in [1.807, 2.05) is 0 Å². The summed E-state index contributed by atoms with van der Waals surface area (Å²) < 4.78 is 4.93. The Morgan fingerprint density at radius 2 is 2.08 bits per heavy atom. The van der Waals surface area contributed by atoms with Gasteiger partial charge < -0.3 is 9.84 Å². The van der Waals surface area contributed by atoms with Crippen molar-refractivity contribution in [1.82, 2.24) is 5.43 Å². The lowest BCUT2D eigenvalue weighted by molar-refractivity contribution is -0.385. The highest BCUT2D eigenvalue weighted by Gasteiger charge is 2.19. The zero-order valence-electron chi connectivity index (χ0n) is 12.7. The zero-order chi connectivity index (χ0) is 18.6. The van der Waals surface area contributed by atoms with E-state index < -0.39 is 22.3 Å². The Morgan fingerprint density at radius 1 is 1.36 bits per heavy atom. The molecule has 1 amide bonds. The lowest BCUT2D eigenvalue weighted by Crippen LogP contribution is -2.18. The molecule has 2 aromatic carbocycles. The average molecular weight is 384 g/mol. The van der Waals surface area contributed by atoms with E-state index in [0.717, 1.165) is 12.3 Å². The van der Waals surface area contributed by atoms with Crippen LogP contribution in [0.3, 0.4) is 0 Å². The molecule has 0 aliphatic carbocycles. The molecule has 0 aliphatic rings. The second-order valence-electron chi connectivity index (χ2n) is 4.66. The molecule has 0 fully saturated rings. The number of carbonyl (C=O) groups is 1. The minimum atomic E-state index is -0.763. The molecule has 0 aliphatic heterocycles. The van der Waals surface area contributed by atoms with Crippen LogP contribution in [-0.2, 0) is 0 Å². The molecule has 2 aromatic rings. The number of amides is 1. The third kappa shape index (κ3) is 4.37. The Balaban J connectivity index is 2.23. The topological polar surface area (TPSA) is 114 Å². The van der Waals surface area contributed by atoms with E-state index in [4.69, 9.17) is 27.9 Å². The number of hydrogen-bond donors (Lipinski definition) is 2. The van der Waals surface area contributed by atoms with Gasteiger partial charge in [0, 0.05) is 10.6 Å². The van der Waals surface area contributed by atoms with Crippen molar-refractivity contribution in [2.75, 3.05) is 7.11 Å². The number of nitro benzene ring substituents is 1. The number of carbonyl (C=O) groups excluding carboxylic acids is 1. The molecule has 0 spiro atoms. The van der Waals surface area contributed by atoms with E-state index in [1.165, 1.54) is 31.4 Å². The van der Waals surface area contributed by atoms with E-state index >= 15 is 0 Å². The van der Waals surface area contributed by atoms with Crippen molar-refractivity contribution >= 4 is 41.0 Å². The van der Waals surface area contributed by atoms with Crippen LogP contribution in [0.4, 0.5) is 5.69 Å². The number of aromatic hydroxyl groups is 1. The molecule has 0 heterocycles. The van der Waals surface area contributed by atoms with E-state index in [9.17, 15) is 20.0 Å². The fourth-order valence-electron chi connectivity index (χ4n) is 1.86. The highest BCUT2D eigenvalue weighted by atomic mass is 35.5. The number of hydrazone groups is 1. The summed E-state index contributed by atoms with van der Waals surface area (Å²) in [5.74, 6) is -1.07. The molecule has 0 saturated heterocycles. The van der Waals surface area contributed by atoms with Gasteiger partial charge in [0.15, 0.2) is 0 Å². The number of hydrogen-bond acceptors (Lipinski definition) is 6. The number of rotatable bonds is 5. The van der Waals surface area contributed by atoms with Crippen LogP contribution in [0.5, 0.6) is 11.5 Å². The largest absolute Gasteiger partial charge is 0.502 e. The monoisotopic (exact) mass is 383 g/mol. The van der Waals surface area contributed by atoms with Gasteiger partial charge in [0.2, 0.25) is 5.75 Å². The summed E-state index contributed by atoms with van der Waals surface area (Å²) in [5, 5.41) is 25.0. The number of nitro groups is 1. The third-order valence-electron chi connectivity index (χ3n) is 3.07. The van der Waals surface area contributed by atoms with Crippen LogP contribution in [-0.4, -0.2) is 29.3 Å². The quantitative estimate of drug-likeness (QED) is 0.466. The second-order valence-corrected chi connectivity index (χ2v) is 5.51. The fourth-order valence-corrected chi connectivity index (χ4v) is 2.36. The Labute approximate surface area is 151 Å². The summed E-state index contributed by atoms with van der Waals surface area (Å²) in [4.78, 5) is 22.2. The number of halogens is 2. The van der Waals surface area contributed by atoms with Gasteiger partial charge in [0.05, 0.1) is 34.9 Å². The molecule has 0 aromatic heterocycles. The first-order chi connectivity index (χ1) is 11.8. The van der Waals surface area contributed by atoms with Crippen LogP contribution < -0.4 is 10.2 Å². The maximum absolute atomic E-state index is 12.0. The molecule has 0 radical (unpaired) electrons. The highest BCUT2D eigenvalue weighted by Crippen LogP contribution is 2.33. The number of phenols is 1. The van der Waals surface area contributed by atoms with Crippen LogP contribution in [0.1, 0.15) is 15.9 Å². The van der Waals surface area contributed by atoms with Gasteiger partial charge in [-0.1, -0.05) is 23.2 Å². The van der Waals surface area contributed by atoms with E-state index in [0.29, 0.717) is 5.02 Å². The molecule has 10 heteroatoms. The SMILES string of the molecule is COc1cc(/C=N\NC(=O)c2ccc(Cl)cc2Cl)c(O)c([N+](=O)[O-])c1. The van der Waals surface area contributed by atoms with Crippen LogP contribution >= 0.6 is 23.2 Å². The summed E-state index contributed by atoms with van der Waals surface area (Å²) in [7, 11) is 1.32. The molecule has 2 rings (SSSR count). The second kappa shape index (κ2) is 7.82. The number of ether oxygens (including phenoxy) is 1. The first-order valence-corrected chi connectivity index (χ1v) is 7.43. The van der Waals surface area contributed by atoms with Gasteiger partial charge in [-0.2, -0.15) is 5.10 Å². The smallest absolute Gasteiger partial charge is 0.315 e. The molecule has 0 unspecified atom stereocenters. The van der Waals surface area contributed by atoms with Crippen LogP contribution in [0.25, 0.3) is 0 Å². The van der Waals surface area contributed by atoms with Gasteiger partial charge in [0.25, 0.3) is 5.91 Å². The predicted octanol–water partition coefficient (Wildman–Crippen LogP) is 3.38.